The third-order valence-corrected chi connectivity index (χ3v) is 2.89. The minimum absolute atomic E-state index is 0.0467. The number of aliphatic hydroxyl groups is 1. The fourth-order valence-corrected chi connectivity index (χ4v) is 1.76. The van der Waals surface area contributed by atoms with E-state index in [-0.39, 0.29) is 18.6 Å². The van der Waals surface area contributed by atoms with Gasteiger partial charge in [-0.3, -0.25) is 4.79 Å². The molecule has 1 amide bonds. The Labute approximate surface area is 95.5 Å². The fraction of sp³-hybridized carbons (Fsp3) is 0.462. The Kier molecular flexibility index (Phi) is 3.57. The minimum atomic E-state index is -0.271. The van der Waals surface area contributed by atoms with Gasteiger partial charge in [-0.2, -0.15) is 0 Å². The molecule has 3 nitrogen and oxygen atoms in total. The molecule has 86 valence electrons. The first kappa shape index (κ1) is 11.1. The van der Waals surface area contributed by atoms with Crippen LogP contribution in [0, 0.1) is 5.92 Å². The Morgan fingerprint density at radius 1 is 1.38 bits per heavy atom. The number of hydrogen-bond donors (Lipinski definition) is 2. The summed E-state index contributed by atoms with van der Waals surface area (Å²) in [4.78, 5) is 11.6. The first-order valence-corrected chi connectivity index (χ1v) is 5.74. The highest BCUT2D eigenvalue weighted by Crippen LogP contribution is 2.32. The Balaban J connectivity index is 1.91. The number of amides is 1. The molecule has 0 spiro atoms. The maximum Gasteiger partial charge on any atom is 0.220 e. The lowest BCUT2D eigenvalue weighted by atomic mass is 10.1. The molecule has 0 unspecified atom stereocenters. The molecule has 0 bridgehead atoms. The van der Waals surface area contributed by atoms with Crippen LogP contribution in [0.5, 0.6) is 0 Å². The van der Waals surface area contributed by atoms with Crippen molar-refractivity contribution in [3.63, 3.8) is 0 Å². The number of carbonyl (C=O) groups is 1. The van der Waals surface area contributed by atoms with Crippen molar-refractivity contribution in [1.82, 2.24) is 5.32 Å². The SMILES string of the molecule is O=C(CC1CC1)N[C@H](CO)c1ccccc1. The van der Waals surface area contributed by atoms with Gasteiger partial charge in [-0.1, -0.05) is 30.3 Å². The third kappa shape index (κ3) is 3.07. The number of carbonyl (C=O) groups excluding carboxylic acids is 1. The van der Waals surface area contributed by atoms with Gasteiger partial charge in [0.15, 0.2) is 0 Å². The van der Waals surface area contributed by atoms with Crippen molar-refractivity contribution in [2.24, 2.45) is 5.92 Å². The second kappa shape index (κ2) is 5.12. The summed E-state index contributed by atoms with van der Waals surface area (Å²) in [5, 5.41) is 12.1. The predicted octanol–water partition coefficient (Wildman–Crippen LogP) is 1.64. The third-order valence-electron chi connectivity index (χ3n) is 2.89. The van der Waals surface area contributed by atoms with E-state index in [9.17, 15) is 9.90 Å². The van der Waals surface area contributed by atoms with Crippen molar-refractivity contribution in [1.29, 1.82) is 0 Å². The van der Waals surface area contributed by atoms with Gasteiger partial charge >= 0.3 is 0 Å². The lowest BCUT2D eigenvalue weighted by Crippen LogP contribution is -2.30. The molecule has 16 heavy (non-hydrogen) atoms. The molecule has 1 saturated carbocycles. The zero-order chi connectivity index (χ0) is 11.4. The van der Waals surface area contributed by atoms with Gasteiger partial charge < -0.3 is 10.4 Å². The summed E-state index contributed by atoms with van der Waals surface area (Å²) in [5.74, 6) is 0.625. The van der Waals surface area contributed by atoms with E-state index >= 15 is 0 Å². The van der Waals surface area contributed by atoms with Crippen LogP contribution in [0.15, 0.2) is 30.3 Å². The van der Waals surface area contributed by atoms with Gasteiger partial charge in [0.25, 0.3) is 0 Å². The lowest BCUT2D eigenvalue weighted by molar-refractivity contribution is -0.122. The average molecular weight is 219 g/mol. The standard InChI is InChI=1S/C13H17NO2/c15-9-12(11-4-2-1-3-5-11)14-13(16)8-10-6-7-10/h1-5,10,12,15H,6-9H2,(H,14,16)/t12-/m1/s1. The number of hydrogen-bond acceptors (Lipinski definition) is 2. The van der Waals surface area contributed by atoms with Gasteiger partial charge in [-0.05, 0) is 24.3 Å². The summed E-state index contributed by atoms with van der Waals surface area (Å²) in [6, 6.07) is 9.30. The van der Waals surface area contributed by atoms with Crippen molar-refractivity contribution in [3.8, 4) is 0 Å². The second-order valence-corrected chi connectivity index (χ2v) is 4.36. The maximum atomic E-state index is 11.6. The van der Waals surface area contributed by atoms with Gasteiger partial charge in [-0.15, -0.1) is 0 Å². The maximum absolute atomic E-state index is 11.6. The van der Waals surface area contributed by atoms with Gasteiger partial charge in [0, 0.05) is 6.42 Å². The van der Waals surface area contributed by atoms with E-state index < -0.39 is 0 Å². The predicted molar refractivity (Wildman–Crippen MR) is 61.8 cm³/mol. The fourth-order valence-electron chi connectivity index (χ4n) is 1.76. The van der Waals surface area contributed by atoms with Crippen molar-refractivity contribution in [2.75, 3.05) is 6.61 Å². The zero-order valence-electron chi connectivity index (χ0n) is 9.23. The molecular weight excluding hydrogens is 202 g/mol. The molecule has 1 aliphatic carbocycles. The molecule has 1 aliphatic rings. The Bertz CT molecular complexity index is 346. The molecule has 0 aromatic heterocycles. The van der Waals surface area contributed by atoms with Gasteiger partial charge in [0.1, 0.15) is 0 Å². The molecule has 1 atom stereocenters. The molecule has 0 heterocycles. The molecule has 3 heteroatoms. The van der Waals surface area contributed by atoms with E-state index in [1.165, 1.54) is 12.8 Å². The van der Waals surface area contributed by atoms with Crippen LogP contribution in [0.1, 0.15) is 30.9 Å². The number of aliphatic hydroxyl groups excluding tert-OH is 1. The normalized spacial score (nSPS) is 16.8. The van der Waals surface area contributed by atoms with Crippen LogP contribution in [0.25, 0.3) is 0 Å². The molecular formula is C13H17NO2. The Morgan fingerprint density at radius 2 is 2.06 bits per heavy atom. The smallest absolute Gasteiger partial charge is 0.220 e. The van der Waals surface area contributed by atoms with Crippen LogP contribution in [-0.2, 0) is 4.79 Å². The van der Waals surface area contributed by atoms with E-state index in [0.717, 1.165) is 5.56 Å². The molecule has 0 saturated heterocycles. The molecule has 1 aromatic rings. The first-order valence-electron chi connectivity index (χ1n) is 5.74. The molecule has 1 aromatic carbocycles. The lowest BCUT2D eigenvalue weighted by Gasteiger charge is -2.16. The zero-order valence-corrected chi connectivity index (χ0v) is 9.23. The van der Waals surface area contributed by atoms with Crippen molar-refractivity contribution in [3.05, 3.63) is 35.9 Å². The van der Waals surface area contributed by atoms with Crippen molar-refractivity contribution in [2.45, 2.75) is 25.3 Å². The topological polar surface area (TPSA) is 49.3 Å². The summed E-state index contributed by atoms with van der Waals surface area (Å²) < 4.78 is 0. The summed E-state index contributed by atoms with van der Waals surface area (Å²) in [5.41, 5.74) is 0.953. The van der Waals surface area contributed by atoms with Crippen LogP contribution in [0.3, 0.4) is 0 Å². The number of benzene rings is 1. The highest BCUT2D eigenvalue weighted by Gasteiger charge is 2.25. The molecule has 1 fully saturated rings. The van der Waals surface area contributed by atoms with Gasteiger partial charge in [-0.25, -0.2) is 0 Å². The second-order valence-electron chi connectivity index (χ2n) is 4.36. The summed E-state index contributed by atoms with van der Waals surface area (Å²) in [6.45, 7) is -0.0551. The quantitative estimate of drug-likeness (QED) is 0.791. The minimum Gasteiger partial charge on any atom is -0.394 e. The Morgan fingerprint density at radius 3 is 2.62 bits per heavy atom. The molecule has 0 radical (unpaired) electrons. The van der Waals surface area contributed by atoms with Crippen LogP contribution >= 0.6 is 0 Å². The van der Waals surface area contributed by atoms with Crippen molar-refractivity contribution < 1.29 is 9.90 Å². The van der Waals surface area contributed by atoms with Crippen LogP contribution in [-0.4, -0.2) is 17.6 Å². The van der Waals surface area contributed by atoms with Crippen LogP contribution in [0.2, 0.25) is 0 Å². The van der Waals surface area contributed by atoms with Crippen LogP contribution < -0.4 is 5.32 Å². The molecule has 2 rings (SSSR count). The van der Waals surface area contributed by atoms with Crippen LogP contribution in [0.4, 0.5) is 0 Å². The molecule has 0 aliphatic heterocycles. The first-order chi connectivity index (χ1) is 7.79. The molecule has 2 N–H and O–H groups in total. The number of nitrogens with one attached hydrogen (secondary N) is 1. The van der Waals surface area contributed by atoms with Gasteiger partial charge in [0.05, 0.1) is 12.6 Å². The van der Waals surface area contributed by atoms with E-state index in [2.05, 4.69) is 5.32 Å². The van der Waals surface area contributed by atoms with E-state index in [1.54, 1.807) is 0 Å². The van der Waals surface area contributed by atoms with Gasteiger partial charge in [0.2, 0.25) is 5.91 Å². The summed E-state index contributed by atoms with van der Waals surface area (Å²) in [7, 11) is 0. The highest BCUT2D eigenvalue weighted by molar-refractivity contribution is 5.77. The van der Waals surface area contributed by atoms with E-state index in [0.29, 0.717) is 12.3 Å². The average Bonchev–Trinajstić information content (AvgIpc) is 3.11. The largest absolute Gasteiger partial charge is 0.394 e. The van der Waals surface area contributed by atoms with E-state index in [1.807, 2.05) is 30.3 Å². The number of rotatable bonds is 5. The summed E-state index contributed by atoms with van der Waals surface area (Å²) >= 11 is 0. The van der Waals surface area contributed by atoms with E-state index in [4.69, 9.17) is 0 Å². The Hall–Kier alpha value is -1.35. The summed E-state index contributed by atoms with van der Waals surface area (Å²) in [6.07, 6.45) is 2.94. The highest BCUT2D eigenvalue weighted by atomic mass is 16.3. The monoisotopic (exact) mass is 219 g/mol. The van der Waals surface area contributed by atoms with Crippen molar-refractivity contribution >= 4 is 5.91 Å².